The van der Waals surface area contributed by atoms with Crippen molar-refractivity contribution in [2.24, 2.45) is 0 Å². The molecule has 0 heterocycles. The zero-order valence-corrected chi connectivity index (χ0v) is 17.2. The first-order valence-electron chi connectivity index (χ1n) is 7.98. The van der Waals surface area contributed by atoms with Crippen LogP contribution in [0.4, 0.5) is 5.69 Å². The average Bonchev–Trinajstić information content (AvgIpc) is 2.54. The molecule has 0 aromatic heterocycles. The summed E-state index contributed by atoms with van der Waals surface area (Å²) in [4.78, 5) is 1.90. The van der Waals surface area contributed by atoms with E-state index in [1.54, 1.807) is 37.2 Å². The Morgan fingerprint density at radius 3 is 2.23 bits per heavy atom. The molecule has 2 rings (SSSR count). The van der Waals surface area contributed by atoms with Gasteiger partial charge in [-0.2, -0.15) is 0 Å². The lowest BCUT2D eigenvalue weighted by molar-refractivity contribution is 0.145. The van der Waals surface area contributed by atoms with Crippen LogP contribution in [0.5, 0.6) is 0 Å². The summed E-state index contributed by atoms with van der Waals surface area (Å²) in [5.74, 6) is 0. The first kappa shape index (κ1) is 21.0. The van der Waals surface area contributed by atoms with Crippen LogP contribution in [0.15, 0.2) is 47.4 Å². The molecule has 0 saturated carbocycles. The molecule has 0 aliphatic rings. The van der Waals surface area contributed by atoms with Crippen molar-refractivity contribution in [3.8, 4) is 0 Å². The molecule has 5 nitrogen and oxygen atoms in total. The molecule has 26 heavy (non-hydrogen) atoms. The maximum absolute atomic E-state index is 13.2. The monoisotopic (exact) mass is 416 g/mol. The molecule has 2 aromatic rings. The fourth-order valence-corrected chi connectivity index (χ4v) is 4.46. The van der Waals surface area contributed by atoms with Crippen molar-refractivity contribution >= 4 is 38.9 Å². The Balaban J connectivity index is 2.52. The molecule has 0 aliphatic carbocycles. The van der Waals surface area contributed by atoms with E-state index in [-0.39, 0.29) is 22.2 Å². The summed E-state index contributed by atoms with van der Waals surface area (Å²) in [5.41, 5.74) is 1.18. The molecule has 0 amide bonds. The van der Waals surface area contributed by atoms with Crippen molar-refractivity contribution in [1.29, 1.82) is 0 Å². The highest BCUT2D eigenvalue weighted by molar-refractivity contribution is 7.92. The van der Waals surface area contributed by atoms with E-state index >= 15 is 0 Å². The number of halogens is 2. The maximum Gasteiger partial charge on any atom is 0.264 e. The molecule has 2 aromatic carbocycles. The van der Waals surface area contributed by atoms with Crippen molar-refractivity contribution in [2.75, 3.05) is 31.5 Å². The van der Waals surface area contributed by atoms with E-state index in [0.717, 1.165) is 9.87 Å². The highest BCUT2D eigenvalue weighted by Gasteiger charge is 2.29. The summed E-state index contributed by atoms with van der Waals surface area (Å²) in [7, 11) is -0.329. The Hall–Kier alpha value is -1.31. The van der Waals surface area contributed by atoms with Crippen molar-refractivity contribution in [3.63, 3.8) is 0 Å². The SMILES string of the molecule is Cc1ccc(S(=O)(=O)N(C[C@@H](O)CN(C)C)c2cc(Cl)ccc2Cl)cc1. The van der Waals surface area contributed by atoms with Gasteiger partial charge in [0.25, 0.3) is 10.0 Å². The highest BCUT2D eigenvalue weighted by atomic mass is 35.5. The van der Waals surface area contributed by atoms with E-state index in [1.165, 1.54) is 24.3 Å². The summed E-state index contributed by atoms with van der Waals surface area (Å²) >= 11 is 12.3. The minimum atomic E-state index is -3.93. The van der Waals surface area contributed by atoms with Gasteiger partial charge in [-0.25, -0.2) is 8.42 Å². The van der Waals surface area contributed by atoms with E-state index in [0.29, 0.717) is 11.6 Å². The van der Waals surface area contributed by atoms with Crippen LogP contribution in [0.25, 0.3) is 0 Å². The van der Waals surface area contributed by atoms with Crippen LogP contribution < -0.4 is 4.31 Å². The predicted octanol–water partition coefficient (Wildman–Crippen LogP) is 3.42. The van der Waals surface area contributed by atoms with E-state index in [2.05, 4.69) is 0 Å². The second kappa shape index (κ2) is 8.59. The predicted molar refractivity (Wildman–Crippen MR) is 107 cm³/mol. The smallest absolute Gasteiger partial charge is 0.264 e. The Kier molecular flexibility index (Phi) is 6.93. The van der Waals surface area contributed by atoms with Crippen molar-refractivity contribution < 1.29 is 13.5 Å². The van der Waals surface area contributed by atoms with Gasteiger partial charge in [0.15, 0.2) is 0 Å². The lowest BCUT2D eigenvalue weighted by atomic mass is 10.2. The van der Waals surface area contributed by atoms with E-state index in [1.807, 2.05) is 6.92 Å². The third-order valence-corrected chi connectivity index (χ3v) is 6.09. The second-order valence-corrected chi connectivity index (χ2v) is 9.07. The number of anilines is 1. The molecule has 0 spiro atoms. The molecular formula is C18H22Cl2N2O3S. The number of sulfonamides is 1. The number of hydrogen-bond donors (Lipinski definition) is 1. The summed E-state index contributed by atoms with van der Waals surface area (Å²) in [6, 6.07) is 11.1. The Labute approximate surface area is 164 Å². The van der Waals surface area contributed by atoms with Crippen molar-refractivity contribution in [3.05, 3.63) is 58.1 Å². The first-order chi connectivity index (χ1) is 12.1. The van der Waals surface area contributed by atoms with Gasteiger partial charge in [-0.1, -0.05) is 40.9 Å². The van der Waals surface area contributed by atoms with Crippen LogP contribution in [0.2, 0.25) is 10.0 Å². The number of rotatable bonds is 7. The van der Waals surface area contributed by atoms with Gasteiger partial charge in [0.05, 0.1) is 28.3 Å². The van der Waals surface area contributed by atoms with Crippen LogP contribution in [-0.2, 0) is 10.0 Å². The molecule has 142 valence electrons. The number of aryl methyl sites for hydroxylation is 1. The van der Waals surface area contributed by atoms with Gasteiger partial charge in [0.1, 0.15) is 0 Å². The van der Waals surface area contributed by atoms with E-state index in [9.17, 15) is 13.5 Å². The molecule has 0 unspecified atom stereocenters. The number of aliphatic hydroxyl groups excluding tert-OH is 1. The van der Waals surface area contributed by atoms with E-state index in [4.69, 9.17) is 23.2 Å². The van der Waals surface area contributed by atoms with Gasteiger partial charge in [-0.15, -0.1) is 0 Å². The molecule has 0 aliphatic heterocycles. The number of nitrogens with zero attached hydrogens (tertiary/aromatic N) is 2. The Morgan fingerprint density at radius 1 is 1.04 bits per heavy atom. The van der Waals surface area contributed by atoms with Gasteiger partial charge < -0.3 is 10.0 Å². The van der Waals surface area contributed by atoms with Gasteiger partial charge in [-0.3, -0.25) is 4.31 Å². The standard InChI is InChI=1S/C18H22Cl2N2O3S/c1-13-4-7-16(8-5-13)26(24,25)22(12-15(23)11-21(2)3)18-10-14(19)6-9-17(18)20/h4-10,15,23H,11-12H2,1-3H3/t15-/m0/s1. The number of benzene rings is 2. The topological polar surface area (TPSA) is 60.9 Å². The minimum absolute atomic E-state index is 0.121. The third kappa shape index (κ3) is 5.11. The lowest BCUT2D eigenvalue weighted by Gasteiger charge is -2.28. The normalized spacial score (nSPS) is 13.0. The summed E-state index contributed by atoms with van der Waals surface area (Å²) in [5, 5.41) is 10.9. The van der Waals surface area contributed by atoms with Crippen LogP contribution in [0.3, 0.4) is 0 Å². The Bertz CT molecular complexity index is 855. The summed E-state index contributed by atoms with van der Waals surface area (Å²) in [6.45, 7) is 2.04. The quantitative estimate of drug-likeness (QED) is 0.750. The molecule has 0 radical (unpaired) electrons. The zero-order chi connectivity index (χ0) is 19.5. The highest BCUT2D eigenvalue weighted by Crippen LogP contribution is 2.33. The van der Waals surface area contributed by atoms with Crippen molar-refractivity contribution in [2.45, 2.75) is 17.9 Å². The third-order valence-electron chi connectivity index (χ3n) is 3.74. The molecule has 0 saturated heterocycles. The van der Waals surface area contributed by atoms with Gasteiger partial charge in [-0.05, 0) is 51.4 Å². The largest absolute Gasteiger partial charge is 0.390 e. The first-order valence-corrected chi connectivity index (χ1v) is 10.2. The van der Waals surface area contributed by atoms with Gasteiger partial charge >= 0.3 is 0 Å². The fourth-order valence-electron chi connectivity index (χ4n) is 2.51. The van der Waals surface area contributed by atoms with Gasteiger partial charge in [0, 0.05) is 11.6 Å². The maximum atomic E-state index is 13.2. The number of hydrogen-bond acceptors (Lipinski definition) is 4. The Morgan fingerprint density at radius 2 is 1.65 bits per heavy atom. The zero-order valence-electron chi connectivity index (χ0n) is 14.9. The van der Waals surface area contributed by atoms with Crippen LogP contribution in [-0.4, -0.2) is 51.7 Å². The number of likely N-dealkylation sites (N-methyl/N-ethyl adjacent to an activating group) is 1. The molecule has 8 heteroatoms. The second-order valence-electron chi connectivity index (χ2n) is 6.36. The molecular weight excluding hydrogens is 395 g/mol. The molecule has 1 atom stereocenters. The van der Waals surface area contributed by atoms with Crippen LogP contribution >= 0.6 is 23.2 Å². The van der Waals surface area contributed by atoms with Gasteiger partial charge in [0.2, 0.25) is 0 Å². The lowest BCUT2D eigenvalue weighted by Crippen LogP contribution is -2.41. The number of aliphatic hydroxyl groups is 1. The summed E-state index contributed by atoms with van der Waals surface area (Å²) < 4.78 is 27.6. The minimum Gasteiger partial charge on any atom is -0.390 e. The molecule has 0 bridgehead atoms. The van der Waals surface area contributed by atoms with E-state index < -0.39 is 16.1 Å². The van der Waals surface area contributed by atoms with Crippen molar-refractivity contribution in [1.82, 2.24) is 4.90 Å². The average molecular weight is 417 g/mol. The van der Waals surface area contributed by atoms with Crippen LogP contribution in [0.1, 0.15) is 5.56 Å². The molecule has 0 fully saturated rings. The molecule has 1 N–H and O–H groups in total. The summed E-state index contributed by atoms with van der Waals surface area (Å²) in [6.07, 6.45) is -0.903. The fraction of sp³-hybridized carbons (Fsp3) is 0.333. The van der Waals surface area contributed by atoms with Crippen LogP contribution in [0, 0.1) is 6.92 Å².